The lowest BCUT2D eigenvalue weighted by atomic mass is 10.2. The average Bonchev–Trinajstić information content (AvgIpc) is 3.36. The quantitative estimate of drug-likeness (QED) is 0.498. The van der Waals surface area contributed by atoms with Crippen LogP contribution >= 0.6 is 11.3 Å². The zero-order chi connectivity index (χ0) is 24.8. The Hall–Kier alpha value is -3.50. The van der Waals surface area contributed by atoms with Gasteiger partial charge in [0.25, 0.3) is 0 Å². The monoisotopic (exact) mass is 498 g/mol. The van der Waals surface area contributed by atoms with Crippen LogP contribution in [0.1, 0.15) is 5.01 Å². The Morgan fingerprint density at radius 1 is 0.943 bits per heavy atom. The first-order chi connectivity index (χ1) is 17.0. The van der Waals surface area contributed by atoms with Crippen molar-refractivity contribution in [3.63, 3.8) is 0 Å². The molecule has 0 aliphatic carbocycles. The zero-order valence-electron chi connectivity index (χ0n) is 20.4. The first-order valence-electron chi connectivity index (χ1n) is 11.2. The van der Waals surface area contributed by atoms with Crippen molar-refractivity contribution in [1.82, 2.24) is 14.8 Å². The fraction of sp³-hybridized carbons (Fsp3) is 0.360. The van der Waals surface area contributed by atoms with Crippen LogP contribution in [0.25, 0.3) is 11.3 Å². The Morgan fingerprint density at radius 2 is 1.60 bits per heavy atom. The van der Waals surface area contributed by atoms with E-state index in [4.69, 9.17) is 23.9 Å². The molecule has 186 valence electrons. The maximum absolute atomic E-state index is 12.9. The van der Waals surface area contributed by atoms with E-state index in [0.29, 0.717) is 36.0 Å². The highest BCUT2D eigenvalue weighted by molar-refractivity contribution is 7.09. The molecule has 35 heavy (non-hydrogen) atoms. The summed E-state index contributed by atoms with van der Waals surface area (Å²) in [4.78, 5) is 21.8. The Kier molecular flexibility index (Phi) is 7.94. The van der Waals surface area contributed by atoms with Crippen LogP contribution in [-0.2, 0) is 6.54 Å². The SMILES string of the molecule is COc1ccc(-c2csc(CN3CCN(C(=O)Nc4cc(OC)c(OC)c(OC)c4)CC3)n2)cc1. The van der Waals surface area contributed by atoms with Gasteiger partial charge < -0.3 is 29.2 Å². The zero-order valence-corrected chi connectivity index (χ0v) is 21.2. The number of aromatic nitrogens is 1. The van der Waals surface area contributed by atoms with Gasteiger partial charge in [-0.15, -0.1) is 11.3 Å². The number of urea groups is 1. The predicted molar refractivity (Wildman–Crippen MR) is 136 cm³/mol. The number of hydrogen-bond acceptors (Lipinski definition) is 8. The van der Waals surface area contributed by atoms with Crippen LogP contribution in [0.4, 0.5) is 10.5 Å². The van der Waals surface area contributed by atoms with Gasteiger partial charge in [-0.3, -0.25) is 4.90 Å². The Balaban J connectivity index is 1.31. The summed E-state index contributed by atoms with van der Waals surface area (Å²) in [7, 11) is 6.30. The number of thiazole rings is 1. The van der Waals surface area contributed by atoms with E-state index in [9.17, 15) is 4.79 Å². The van der Waals surface area contributed by atoms with Crippen LogP contribution in [0.15, 0.2) is 41.8 Å². The predicted octanol–water partition coefficient (Wildman–Crippen LogP) is 4.19. The molecular formula is C25H30N4O5S. The van der Waals surface area contributed by atoms with Crippen molar-refractivity contribution in [1.29, 1.82) is 0 Å². The number of anilines is 1. The van der Waals surface area contributed by atoms with E-state index < -0.39 is 0 Å². The highest BCUT2D eigenvalue weighted by Crippen LogP contribution is 2.40. The minimum atomic E-state index is -0.157. The van der Waals surface area contributed by atoms with Gasteiger partial charge in [-0.1, -0.05) is 0 Å². The van der Waals surface area contributed by atoms with E-state index in [-0.39, 0.29) is 6.03 Å². The molecular weight excluding hydrogens is 468 g/mol. The standard InChI is InChI=1S/C25H30N4O5S/c1-31-19-7-5-17(6-8-19)20-16-35-23(27-20)15-28-9-11-29(12-10-28)25(30)26-18-13-21(32-2)24(34-4)22(14-18)33-3/h5-8,13-14,16H,9-12,15H2,1-4H3,(H,26,30). The molecule has 4 rings (SSSR count). The van der Waals surface area contributed by atoms with Crippen molar-refractivity contribution in [3.8, 4) is 34.3 Å². The molecule has 1 aliphatic heterocycles. The third-order valence-electron chi connectivity index (χ3n) is 5.87. The summed E-state index contributed by atoms with van der Waals surface area (Å²) >= 11 is 1.66. The molecule has 3 aromatic rings. The Morgan fingerprint density at radius 3 is 2.17 bits per heavy atom. The number of methoxy groups -OCH3 is 4. The maximum Gasteiger partial charge on any atom is 0.321 e. The average molecular weight is 499 g/mol. The minimum absolute atomic E-state index is 0.157. The van der Waals surface area contributed by atoms with Crippen LogP contribution in [0, 0.1) is 0 Å². The van der Waals surface area contributed by atoms with Gasteiger partial charge in [0, 0.05) is 49.3 Å². The molecule has 0 radical (unpaired) electrons. The van der Waals surface area contributed by atoms with E-state index in [2.05, 4.69) is 15.6 Å². The Bertz CT molecular complexity index is 1120. The molecule has 1 N–H and O–H groups in total. The highest BCUT2D eigenvalue weighted by Gasteiger charge is 2.23. The molecule has 0 bridgehead atoms. The number of nitrogens with one attached hydrogen (secondary N) is 1. The molecule has 0 saturated carbocycles. The molecule has 1 aromatic heterocycles. The number of benzene rings is 2. The van der Waals surface area contributed by atoms with Crippen molar-refractivity contribution < 1.29 is 23.7 Å². The van der Waals surface area contributed by atoms with E-state index in [1.54, 1.807) is 51.9 Å². The molecule has 0 atom stereocenters. The van der Waals surface area contributed by atoms with Gasteiger partial charge in [0.1, 0.15) is 10.8 Å². The second-order valence-electron chi connectivity index (χ2n) is 7.96. The lowest BCUT2D eigenvalue weighted by Crippen LogP contribution is -2.49. The third-order valence-corrected chi connectivity index (χ3v) is 6.71. The minimum Gasteiger partial charge on any atom is -0.497 e. The van der Waals surface area contributed by atoms with Crippen LogP contribution in [0.2, 0.25) is 0 Å². The molecule has 0 spiro atoms. The van der Waals surface area contributed by atoms with Crippen LogP contribution < -0.4 is 24.3 Å². The smallest absolute Gasteiger partial charge is 0.321 e. The van der Waals surface area contributed by atoms with Crippen LogP contribution in [0.3, 0.4) is 0 Å². The molecule has 0 unspecified atom stereocenters. The normalized spacial score (nSPS) is 13.9. The molecule has 9 nitrogen and oxygen atoms in total. The fourth-order valence-corrected chi connectivity index (χ4v) is 4.78. The van der Waals surface area contributed by atoms with Crippen LogP contribution in [0.5, 0.6) is 23.0 Å². The number of ether oxygens (including phenoxy) is 4. The van der Waals surface area contributed by atoms with Gasteiger partial charge in [-0.05, 0) is 24.3 Å². The van der Waals surface area contributed by atoms with Gasteiger partial charge in [-0.25, -0.2) is 9.78 Å². The number of rotatable bonds is 8. The number of carbonyl (C=O) groups excluding carboxylic acids is 1. The molecule has 10 heteroatoms. The summed E-state index contributed by atoms with van der Waals surface area (Å²) in [6, 6.07) is 11.2. The number of nitrogens with zero attached hydrogens (tertiary/aromatic N) is 3. The summed E-state index contributed by atoms with van der Waals surface area (Å²) in [6.07, 6.45) is 0. The third kappa shape index (κ3) is 5.77. The van der Waals surface area contributed by atoms with Crippen molar-refractivity contribution in [2.24, 2.45) is 0 Å². The molecule has 2 aromatic carbocycles. The van der Waals surface area contributed by atoms with E-state index in [0.717, 1.165) is 41.6 Å². The molecule has 1 saturated heterocycles. The van der Waals surface area contributed by atoms with E-state index in [1.807, 2.05) is 29.2 Å². The molecule has 1 aliphatic rings. The Labute approximate surface area is 209 Å². The van der Waals surface area contributed by atoms with Gasteiger partial charge >= 0.3 is 6.03 Å². The van der Waals surface area contributed by atoms with Crippen molar-refractivity contribution >= 4 is 23.1 Å². The number of carbonyl (C=O) groups is 1. The van der Waals surface area contributed by atoms with Gasteiger partial charge in [0.15, 0.2) is 11.5 Å². The van der Waals surface area contributed by atoms with Crippen molar-refractivity contribution in [2.75, 3.05) is 59.9 Å². The van der Waals surface area contributed by atoms with E-state index >= 15 is 0 Å². The number of piperazine rings is 1. The van der Waals surface area contributed by atoms with Gasteiger partial charge in [0.05, 0.1) is 46.4 Å². The molecule has 2 heterocycles. The van der Waals surface area contributed by atoms with Crippen molar-refractivity contribution in [2.45, 2.75) is 6.54 Å². The lowest BCUT2D eigenvalue weighted by molar-refractivity contribution is 0.143. The summed E-state index contributed by atoms with van der Waals surface area (Å²) in [5, 5.41) is 6.08. The largest absolute Gasteiger partial charge is 0.497 e. The second-order valence-corrected chi connectivity index (χ2v) is 8.91. The first-order valence-corrected chi connectivity index (χ1v) is 12.1. The number of amides is 2. The highest BCUT2D eigenvalue weighted by atomic mass is 32.1. The summed E-state index contributed by atoms with van der Waals surface area (Å²) < 4.78 is 21.3. The molecule has 1 fully saturated rings. The first kappa shape index (κ1) is 24.6. The number of hydrogen-bond donors (Lipinski definition) is 1. The van der Waals surface area contributed by atoms with Crippen molar-refractivity contribution in [3.05, 3.63) is 46.8 Å². The maximum atomic E-state index is 12.9. The lowest BCUT2D eigenvalue weighted by Gasteiger charge is -2.34. The summed E-state index contributed by atoms with van der Waals surface area (Å²) in [5.74, 6) is 2.30. The topological polar surface area (TPSA) is 85.4 Å². The fourth-order valence-electron chi connectivity index (χ4n) is 3.93. The van der Waals surface area contributed by atoms with Crippen LogP contribution in [-0.4, -0.2) is 75.4 Å². The summed E-state index contributed by atoms with van der Waals surface area (Å²) in [5.41, 5.74) is 2.62. The molecule has 2 amide bonds. The summed E-state index contributed by atoms with van der Waals surface area (Å²) in [6.45, 7) is 3.59. The van der Waals surface area contributed by atoms with Gasteiger partial charge in [0.2, 0.25) is 5.75 Å². The van der Waals surface area contributed by atoms with Gasteiger partial charge in [-0.2, -0.15) is 0 Å². The second kappa shape index (κ2) is 11.3. The van der Waals surface area contributed by atoms with E-state index in [1.165, 1.54) is 0 Å².